The topological polar surface area (TPSA) is 56.3 Å². The Labute approximate surface area is 176 Å². The molecule has 0 aliphatic carbocycles. The van der Waals surface area contributed by atoms with Crippen molar-refractivity contribution in [2.45, 2.75) is 12.0 Å². The van der Waals surface area contributed by atoms with Gasteiger partial charge in [-0.05, 0) is 41.0 Å². The number of nitrogens with one attached hydrogen (secondary N) is 1. The van der Waals surface area contributed by atoms with E-state index in [9.17, 15) is 9.90 Å². The van der Waals surface area contributed by atoms with Gasteiger partial charge in [0.2, 0.25) is 5.91 Å². The normalized spacial score (nSPS) is 18.4. The summed E-state index contributed by atoms with van der Waals surface area (Å²) in [5, 5.41) is 11.6. The number of aliphatic hydroxyl groups excluding tert-OH is 1. The minimum absolute atomic E-state index is 0.106. The molecule has 0 radical (unpaired) electrons. The first-order valence-electron chi connectivity index (χ1n) is 9.48. The summed E-state index contributed by atoms with van der Waals surface area (Å²) >= 11 is 3.53. The van der Waals surface area contributed by atoms with E-state index in [-0.39, 0.29) is 12.5 Å². The Morgan fingerprint density at radius 1 is 0.966 bits per heavy atom. The van der Waals surface area contributed by atoms with Crippen LogP contribution in [-0.2, 0) is 16.8 Å². The number of rotatable bonds is 4. The molecule has 29 heavy (non-hydrogen) atoms. The molecule has 1 aliphatic rings. The Hall–Kier alpha value is -2.89. The highest BCUT2D eigenvalue weighted by Gasteiger charge is 2.52. The number of carbonyl (C=O) groups excluding carboxylic acids is 1. The molecule has 5 rings (SSSR count). The van der Waals surface area contributed by atoms with Crippen LogP contribution in [0.3, 0.4) is 0 Å². The third-order valence-corrected chi connectivity index (χ3v) is 6.28. The van der Waals surface area contributed by atoms with E-state index in [0.29, 0.717) is 6.54 Å². The number of anilines is 1. The Morgan fingerprint density at radius 3 is 2.52 bits per heavy atom. The molecule has 0 bridgehead atoms. The van der Waals surface area contributed by atoms with Crippen molar-refractivity contribution in [2.75, 3.05) is 11.5 Å². The molecule has 1 atom stereocenters. The molecular formula is C24H19BrN2O2. The summed E-state index contributed by atoms with van der Waals surface area (Å²) in [6, 6.07) is 23.6. The van der Waals surface area contributed by atoms with E-state index >= 15 is 0 Å². The average molecular weight is 447 g/mol. The summed E-state index contributed by atoms with van der Waals surface area (Å²) in [6.45, 7) is 0.165. The number of nitrogens with zero attached hydrogens (tertiary/aromatic N) is 1. The molecule has 2 N–H and O–H groups in total. The van der Waals surface area contributed by atoms with E-state index in [0.717, 1.165) is 37.8 Å². The van der Waals surface area contributed by atoms with Crippen molar-refractivity contribution in [1.82, 2.24) is 4.98 Å². The van der Waals surface area contributed by atoms with Crippen molar-refractivity contribution in [3.05, 3.63) is 100 Å². The van der Waals surface area contributed by atoms with Crippen LogP contribution in [0.25, 0.3) is 10.9 Å². The van der Waals surface area contributed by atoms with E-state index in [1.165, 1.54) is 0 Å². The van der Waals surface area contributed by atoms with Crippen LogP contribution in [0.15, 0.2) is 83.5 Å². The third kappa shape index (κ3) is 2.65. The van der Waals surface area contributed by atoms with E-state index in [2.05, 4.69) is 20.9 Å². The predicted octanol–water partition coefficient (Wildman–Crippen LogP) is 4.76. The number of aromatic amines is 1. The standard InChI is InChI=1S/C24H19BrN2O2/c25-17-10-11-21-18(12-17)20(13-26-21)24(15-28)19-8-4-5-9-22(19)27(23(24)29)14-16-6-2-1-3-7-16/h1-13,26,28H,14-15H2. The molecule has 1 amide bonds. The number of H-pyrrole nitrogens is 1. The number of benzene rings is 3. The highest BCUT2D eigenvalue weighted by Crippen LogP contribution is 2.48. The number of para-hydroxylation sites is 1. The second kappa shape index (κ2) is 6.87. The molecule has 5 heteroatoms. The lowest BCUT2D eigenvalue weighted by Gasteiger charge is -2.27. The zero-order chi connectivity index (χ0) is 20.0. The molecule has 0 spiro atoms. The number of carbonyl (C=O) groups is 1. The van der Waals surface area contributed by atoms with Crippen molar-refractivity contribution in [1.29, 1.82) is 0 Å². The molecular weight excluding hydrogens is 428 g/mol. The second-order valence-corrected chi connectivity index (χ2v) is 8.27. The zero-order valence-corrected chi connectivity index (χ0v) is 17.2. The van der Waals surface area contributed by atoms with Gasteiger partial charge in [0.05, 0.1) is 13.2 Å². The number of aromatic nitrogens is 1. The molecule has 1 aliphatic heterocycles. The van der Waals surface area contributed by atoms with Gasteiger partial charge in [0.1, 0.15) is 5.41 Å². The van der Waals surface area contributed by atoms with Gasteiger partial charge in [0.15, 0.2) is 0 Å². The summed E-state index contributed by atoms with van der Waals surface area (Å²) in [5.74, 6) is -0.106. The monoisotopic (exact) mass is 446 g/mol. The largest absolute Gasteiger partial charge is 0.395 e. The van der Waals surface area contributed by atoms with Gasteiger partial charge in [-0.25, -0.2) is 0 Å². The van der Waals surface area contributed by atoms with Gasteiger partial charge in [0.25, 0.3) is 0 Å². The number of fused-ring (bicyclic) bond motifs is 2. The summed E-state index contributed by atoms with van der Waals surface area (Å²) in [5.41, 5.74) is 3.33. The highest BCUT2D eigenvalue weighted by atomic mass is 79.9. The maximum atomic E-state index is 13.9. The summed E-state index contributed by atoms with van der Waals surface area (Å²) < 4.78 is 0.929. The lowest BCUT2D eigenvalue weighted by atomic mass is 9.76. The van der Waals surface area contributed by atoms with E-state index in [4.69, 9.17) is 0 Å². The predicted molar refractivity (Wildman–Crippen MR) is 118 cm³/mol. The van der Waals surface area contributed by atoms with Gasteiger partial charge >= 0.3 is 0 Å². The Bertz CT molecular complexity index is 1220. The minimum atomic E-state index is -1.13. The number of hydrogen-bond donors (Lipinski definition) is 2. The molecule has 0 saturated heterocycles. The first-order chi connectivity index (χ1) is 14.1. The molecule has 1 aromatic heterocycles. The fraction of sp³-hybridized carbons (Fsp3) is 0.125. The molecule has 3 aromatic carbocycles. The average Bonchev–Trinajstić information content (AvgIpc) is 3.27. The van der Waals surface area contributed by atoms with Crippen LogP contribution >= 0.6 is 15.9 Å². The van der Waals surface area contributed by atoms with Crippen LogP contribution in [0.4, 0.5) is 5.69 Å². The first kappa shape index (κ1) is 18.2. The van der Waals surface area contributed by atoms with Crippen LogP contribution in [0.1, 0.15) is 16.7 Å². The van der Waals surface area contributed by atoms with Crippen LogP contribution < -0.4 is 4.90 Å². The van der Waals surface area contributed by atoms with Gasteiger partial charge < -0.3 is 15.0 Å². The van der Waals surface area contributed by atoms with Crippen molar-refractivity contribution in [3.8, 4) is 0 Å². The van der Waals surface area contributed by atoms with Gasteiger partial charge in [-0.1, -0.05) is 64.5 Å². The van der Waals surface area contributed by atoms with E-state index in [1.807, 2.05) is 79.0 Å². The highest BCUT2D eigenvalue weighted by molar-refractivity contribution is 9.10. The van der Waals surface area contributed by atoms with Gasteiger partial charge in [-0.2, -0.15) is 0 Å². The van der Waals surface area contributed by atoms with E-state index < -0.39 is 5.41 Å². The SMILES string of the molecule is O=C1N(Cc2ccccc2)c2ccccc2C1(CO)c1c[nH]c2ccc(Br)cc12. The van der Waals surface area contributed by atoms with Crippen molar-refractivity contribution >= 4 is 38.4 Å². The molecule has 4 aromatic rings. The van der Waals surface area contributed by atoms with Gasteiger partial charge in [0, 0.05) is 27.3 Å². The van der Waals surface area contributed by atoms with Crippen molar-refractivity contribution in [3.63, 3.8) is 0 Å². The molecule has 4 nitrogen and oxygen atoms in total. The summed E-state index contributed by atoms with van der Waals surface area (Å²) in [7, 11) is 0. The van der Waals surface area contributed by atoms with Gasteiger partial charge in [-0.15, -0.1) is 0 Å². The molecule has 0 saturated carbocycles. The molecule has 0 fully saturated rings. The third-order valence-electron chi connectivity index (χ3n) is 5.79. The quantitative estimate of drug-likeness (QED) is 0.474. The smallest absolute Gasteiger partial charge is 0.244 e. The lowest BCUT2D eigenvalue weighted by Crippen LogP contribution is -2.43. The summed E-state index contributed by atoms with van der Waals surface area (Å²) in [4.78, 5) is 18.9. The number of halogens is 1. The van der Waals surface area contributed by atoms with Crippen molar-refractivity contribution in [2.24, 2.45) is 0 Å². The van der Waals surface area contributed by atoms with Crippen LogP contribution in [0.2, 0.25) is 0 Å². The van der Waals surface area contributed by atoms with Crippen molar-refractivity contribution < 1.29 is 9.90 Å². The van der Waals surface area contributed by atoms with E-state index in [1.54, 1.807) is 4.90 Å². The Kier molecular flexibility index (Phi) is 4.30. The summed E-state index contributed by atoms with van der Waals surface area (Å²) in [6.07, 6.45) is 1.86. The number of aliphatic hydroxyl groups is 1. The fourth-order valence-electron chi connectivity index (χ4n) is 4.39. The molecule has 144 valence electrons. The maximum absolute atomic E-state index is 13.9. The molecule has 1 unspecified atom stereocenters. The number of hydrogen-bond acceptors (Lipinski definition) is 2. The second-order valence-electron chi connectivity index (χ2n) is 7.35. The lowest BCUT2D eigenvalue weighted by molar-refractivity contribution is -0.123. The Morgan fingerprint density at radius 2 is 1.72 bits per heavy atom. The zero-order valence-electron chi connectivity index (χ0n) is 15.6. The minimum Gasteiger partial charge on any atom is -0.395 e. The Balaban J connectivity index is 1.72. The first-order valence-corrected chi connectivity index (χ1v) is 10.3. The molecule has 2 heterocycles. The number of amides is 1. The van der Waals surface area contributed by atoms with Crippen LogP contribution in [0.5, 0.6) is 0 Å². The van der Waals surface area contributed by atoms with Gasteiger partial charge in [-0.3, -0.25) is 4.79 Å². The van der Waals surface area contributed by atoms with Crippen LogP contribution in [-0.4, -0.2) is 22.6 Å². The fourth-order valence-corrected chi connectivity index (χ4v) is 4.75. The van der Waals surface area contributed by atoms with Crippen LogP contribution in [0, 0.1) is 0 Å². The maximum Gasteiger partial charge on any atom is 0.244 e.